The summed E-state index contributed by atoms with van der Waals surface area (Å²) in [6.07, 6.45) is -4.29. The van der Waals surface area contributed by atoms with Crippen LogP contribution < -0.4 is 0 Å². The van der Waals surface area contributed by atoms with Crippen molar-refractivity contribution in [3.63, 3.8) is 0 Å². The third-order valence-electron chi connectivity index (χ3n) is 3.95. The van der Waals surface area contributed by atoms with E-state index in [1.54, 1.807) is 20.8 Å². The van der Waals surface area contributed by atoms with E-state index >= 15 is 0 Å². The molecule has 1 amide bonds. The summed E-state index contributed by atoms with van der Waals surface area (Å²) in [7, 11) is 1.04. The lowest BCUT2D eigenvalue weighted by molar-refractivity contribution is -0.263. The van der Waals surface area contributed by atoms with Crippen molar-refractivity contribution in [2.24, 2.45) is 0 Å². The molecule has 1 aliphatic carbocycles. The molecule has 1 unspecified atom stereocenters. The normalized spacial score (nSPS) is 28.9. The van der Waals surface area contributed by atoms with Crippen LogP contribution in [0.1, 0.15) is 40.0 Å². The summed E-state index contributed by atoms with van der Waals surface area (Å²) >= 11 is 0. The molecule has 7 heteroatoms. The van der Waals surface area contributed by atoms with Crippen LogP contribution in [-0.4, -0.2) is 47.6 Å². The van der Waals surface area contributed by atoms with Gasteiger partial charge in [0.05, 0.1) is 6.54 Å². The number of ether oxygens (including phenoxy) is 2. The van der Waals surface area contributed by atoms with Crippen LogP contribution in [0, 0.1) is 0 Å². The minimum atomic E-state index is -4.51. The van der Waals surface area contributed by atoms with Gasteiger partial charge in [-0.25, -0.2) is 4.79 Å². The van der Waals surface area contributed by atoms with Crippen molar-refractivity contribution in [2.45, 2.75) is 63.0 Å². The standard InChI is InChI=1S/C13H20F3NO3/c1-10(2,3)20-9(18)17-8-12(19-4,13(14,15)16)7-11(17)5-6-11/h5-8H2,1-4H3. The number of alkyl halides is 3. The fourth-order valence-electron chi connectivity index (χ4n) is 2.71. The zero-order valence-corrected chi connectivity index (χ0v) is 12.1. The quantitative estimate of drug-likeness (QED) is 0.746. The largest absolute Gasteiger partial charge is 0.444 e. The van der Waals surface area contributed by atoms with Crippen molar-refractivity contribution in [3.05, 3.63) is 0 Å². The zero-order chi connectivity index (χ0) is 15.4. The van der Waals surface area contributed by atoms with Gasteiger partial charge in [-0.2, -0.15) is 13.2 Å². The van der Waals surface area contributed by atoms with E-state index in [-0.39, 0.29) is 6.42 Å². The number of carbonyl (C=O) groups excluding carboxylic acids is 1. The number of nitrogens with zero attached hydrogens (tertiary/aromatic N) is 1. The second-order valence-electron chi connectivity index (χ2n) is 6.66. The fraction of sp³-hybridized carbons (Fsp3) is 0.923. The first-order chi connectivity index (χ1) is 8.95. The highest BCUT2D eigenvalue weighted by molar-refractivity contribution is 5.71. The molecule has 2 fully saturated rings. The first kappa shape index (κ1) is 15.4. The van der Waals surface area contributed by atoms with Crippen molar-refractivity contribution < 1.29 is 27.4 Å². The number of likely N-dealkylation sites (tertiary alicyclic amines) is 1. The molecular weight excluding hydrogens is 275 g/mol. The molecule has 1 saturated heterocycles. The molecule has 20 heavy (non-hydrogen) atoms. The molecule has 0 aromatic rings. The van der Waals surface area contributed by atoms with Crippen LogP contribution in [0.4, 0.5) is 18.0 Å². The van der Waals surface area contributed by atoms with E-state index in [0.717, 1.165) is 7.11 Å². The SMILES string of the molecule is COC1(C(F)(F)F)CN(C(=O)OC(C)(C)C)C2(CC2)C1. The Kier molecular flexibility index (Phi) is 3.28. The summed E-state index contributed by atoms with van der Waals surface area (Å²) in [5.74, 6) is 0. The number of halogens is 3. The van der Waals surface area contributed by atoms with Crippen LogP contribution in [0.5, 0.6) is 0 Å². The van der Waals surface area contributed by atoms with Gasteiger partial charge in [-0.3, -0.25) is 4.90 Å². The number of methoxy groups -OCH3 is 1. The maximum absolute atomic E-state index is 13.3. The first-order valence-electron chi connectivity index (χ1n) is 6.57. The van der Waals surface area contributed by atoms with E-state index < -0.39 is 35.6 Å². The monoisotopic (exact) mass is 295 g/mol. The third kappa shape index (κ3) is 2.47. The van der Waals surface area contributed by atoms with Gasteiger partial charge in [-0.05, 0) is 33.6 Å². The van der Waals surface area contributed by atoms with Gasteiger partial charge in [0.15, 0.2) is 5.60 Å². The summed E-state index contributed by atoms with van der Waals surface area (Å²) in [5.41, 5.74) is -3.75. The van der Waals surface area contributed by atoms with Gasteiger partial charge in [-0.15, -0.1) is 0 Å². The number of carbonyl (C=O) groups is 1. The van der Waals surface area contributed by atoms with Crippen LogP contribution >= 0.6 is 0 Å². The van der Waals surface area contributed by atoms with E-state index in [2.05, 4.69) is 0 Å². The Labute approximate surface area is 116 Å². The summed E-state index contributed by atoms with van der Waals surface area (Å²) in [6, 6.07) is 0. The average molecular weight is 295 g/mol. The van der Waals surface area contributed by atoms with Crippen LogP contribution in [0.3, 0.4) is 0 Å². The third-order valence-corrected chi connectivity index (χ3v) is 3.95. The van der Waals surface area contributed by atoms with E-state index in [0.29, 0.717) is 12.8 Å². The Morgan fingerprint density at radius 2 is 1.75 bits per heavy atom. The zero-order valence-electron chi connectivity index (χ0n) is 12.1. The van der Waals surface area contributed by atoms with E-state index in [9.17, 15) is 18.0 Å². The van der Waals surface area contributed by atoms with Gasteiger partial charge in [0.25, 0.3) is 0 Å². The summed E-state index contributed by atoms with van der Waals surface area (Å²) in [5, 5.41) is 0. The highest BCUT2D eigenvalue weighted by Gasteiger charge is 2.71. The first-order valence-corrected chi connectivity index (χ1v) is 6.57. The fourth-order valence-corrected chi connectivity index (χ4v) is 2.71. The van der Waals surface area contributed by atoms with E-state index in [1.165, 1.54) is 4.90 Å². The maximum Gasteiger partial charge on any atom is 0.419 e. The molecule has 1 aliphatic heterocycles. The Morgan fingerprint density at radius 1 is 1.20 bits per heavy atom. The highest BCUT2D eigenvalue weighted by Crippen LogP contribution is 2.57. The van der Waals surface area contributed by atoms with Gasteiger partial charge in [0.1, 0.15) is 5.60 Å². The lowest BCUT2D eigenvalue weighted by atomic mass is 9.98. The average Bonchev–Trinajstić information content (AvgIpc) is 2.88. The summed E-state index contributed by atoms with van der Waals surface area (Å²) in [6.45, 7) is 4.57. The van der Waals surface area contributed by atoms with Crippen molar-refractivity contribution in [3.8, 4) is 0 Å². The predicted octanol–water partition coefficient (Wildman–Crippen LogP) is 3.11. The molecule has 0 N–H and O–H groups in total. The Bertz CT molecular complexity index is 412. The van der Waals surface area contributed by atoms with Crippen LogP contribution in [0.2, 0.25) is 0 Å². The molecule has 2 aliphatic rings. The summed E-state index contributed by atoms with van der Waals surface area (Å²) < 4.78 is 49.8. The smallest absolute Gasteiger partial charge is 0.419 e. The number of rotatable bonds is 1. The van der Waals surface area contributed by atoms with Gasteiger partial charge in [0, 0.05) is 19.1 Å². The van der Waals surface area contributed by atoms with Gasteiger partial charge in [0.2, 0.25) is 0 Å². The number of hydrogen-bond donors (Lipinski definition) is 0. The van der Waals surface area contributed by atoms with Gasteiger partial charge in [-0.1, -0.05) is 0 Å². The Hall–Kier alpha value is -0.980. The number of amides is 1. The van der Waals surface area contributed by atoms with Crippen molar-refractivity contribution in [2.75, 3.05) is 13.7 Å². The van der Waals surface area contributed by atoms with Crippen LogP contribution in [0.15, 0.2) is 0 Å². The second kappa shape index (κ2) is 4.26. The lowest BCUT2D eigenvalue weighted by Gasteiger charge is -2.30. The van der Waals surface area contributed by atoms with Gasteiger partial charge < -0.3 is 9.47 Å². The molecule has 1 spiro atoms. The Balaban J connectivity index is 2.22. The van der Waals surface area contributed by atoms with Crippen LogP contribution in [0.25, 0.3) is 0 Å². The van der Waals surface area contributed by atoms with Crippen LogP contribution in [-0.2, 0) is 9.47 Å². The molecule has 0 bridgehead atoms. The molecule has 0 radical (unpaired) electrons. The Morgan fingerprint density at radius 3 is 2.10 bits per heavy atom. The molecule has 2 rings (SSSR count). The predicted molar refractivity (Wildman–Crippen MR) is 65.3 cm³/mol. The highest BCUT2D eigenvalue weighted by atomic mass is 19.4. The molecule has 1 saturated carbocycles. The molecule has 0 aromatic carbocycles. The van der Waals surface area contributed by atoms with Crippen molar-refractivity contribution >= 4 is 6.09 Å². The minimum Gasteiger partial charge on any atom is -0.444 e. The topological polar surface area (TPSA) is 38.8 Å². The molecule has 116 valence electrons. The lowest BCUT2D eigenvalue weighted by Crippen LogP contribution is -2.50. The van der Waals surface area contributed by atoms with E-state index in [1.807, 2.05) is 0 Å². The molecule has 1 atom stereocenters. The van der Waals surface area contributed by atoms with Crippen molar-refractivity contribution in [1.82, 2.24) is 4.90 Å². The van der Waals surface area contributed by atoms with Gasteiger partial charge >= 0.3 is 12.3 Å². The molecule has 4 nitrogen and oxygen atoms in total. The number of hydrogen-bond acceptors (Lipinski definition) is 3. The summed E-state index contributed by atoms with van der Waals surface area (Å²) in [4.78, 5) is 13.3. The van der Waals surface area contributed by atoms with Crippen molar-refractivity contribution in [1.29, 1.82) is 0 Å². The molecule has 0 aromatic heterocycles. The minimum absolute atomic E-state index is 0.209. The van der Waals surface area contributed by atoms with E-state index in [4.69, 9.17) is 9.47 Å². The molecule has 1 heterocycles. The second-order valence-corrected chi connectivity index (χ2v) is 6.66. The molecular formula is C13H20F3NO3. The maximum atomic E-state index is 13.3.